The third kappa shape index (κ3) is 3.57. The highest BCUT2D eigenvalue weighted by Gasteiger charge is 2.33. The molecule has 25 heavy (non-hydrogen) atoms. The van der Waals surface area contributed by atoms with Crippen LogP contribution in [0.4, 0.5) is 0 Å². The fourth-order valence-corrected chi connectivity index (χ4v) is 8.91. The molecule has 130 valence electrons. The van der Waals surface area contributed by atoms with E-state index in [-0.39, 0.29) is 0 Å². The van der Waals surface area contributed by atoms with E-state index in [4.69, 9.17) is 0 Å². The van der Waals surface area contributed by atoms with Crippen molar-refractivity contribution < 1.29 is 0 Å². The minimum absolute atomic E-state index is 0.599. The highest BCUT2D eigenvalue weighted by molar-refractivity contribution is 6.87. The third-order valence-corrected chi connectivity index (χ3v) is 9.36. The van der Waals surface area contributed by atoms with Gasteiger partial charge in [0.2, 0.25) is 0 Å². The molecule has 1 unspecified atom stereocenters. The quantitative estimate of drug-likeness (QED) is 0.691. The lowest BCUT2D eigenvalue weighted by Crippen LogP contribution is -2.47. The van der Waals surface area contributed by atoms with Gasteiger partial charge in [0.25, 0.3) is 0 Å². The standard InChI is InChI=1S/C24H30Si/c1-15-8-16(2)11-22(10-15)25(23-12-17(3)9-18(4)13-23)24-20(6)14-19(5)21(24)7/h8-14,24-25H,1-7H3. The lowest BCUT2D eigenvalue weighted by atomic mass is 10.1. The van der Waals surface area contributed by atoms with E-state index in [0.29, 0.717) is 5.54 Å². The molecule has 1 aliphatic rings. The van der Waals surface area contributed by atoms with Crippen LogP contribution in [0.2, 0.25) is 5.54 Å². The number of allylic oxidation sites excluding steroid dienone is 4. The lowest BCUT2D eigenvalue weighted by Gasteiger charge is -2.28. The van der Waals surface area contributed by atoms with E-state index in [1.165, 1.54) is 27.8 Å². The zero-order valence-corrected chi connectivity index (χ0v) is 17.9. The number of rotatable bonds is 3. The molecular formula is C24H30Si. The highest BCUT2D eigenvalue weighted by Crippen LogP contribution is 2.38. The predicted molar refractivity (Wildman–Crippen MR) is 114 cm³/mol. The van der Waals surface area contributed by atoms with Crippen molar-refractivity contribution in [3.8, 4) is 0 Å². The first kappa shape index (κ1) is 17.9. The fraction of sp³-hybridized carbons (Fsp3) is 0.333. The maximum Gasteiger partial charge on any atom is 0.114 e. The molecule has 0 aromatic heterocycles. The molecular weight excluding hydrogens is 316 g/mol. The third-order valence-electron chi connectivity index (χ3n) is 5.56. The molecule has 0 spiro atoms. The number of hydrogen-bond donors (Lipinski definition) is 0. The summed E-state index contributed by atoms with van der Waals surface area (Å²) >= 11 is 0. The first-order valence-electron chi connectivity index (χ1n) is 9.28. The van der Waals surface area contributed by atoms with Crippen LogP contribution in [0.25, 0.3) is 0 Å². The summed E-state index contributed by atoms with van der Waals surface area (Å²) in [6.07, 6.45) is 2.41. The summed E-state index contributed by atoms with van der Waals surface area (Å²) < 4.78 is 0. The van der Waals surface area contributed by atoms with Crippen molar-refractivity contribution in [1.29, 1.82) is 0 Å². The van der Waals surface area contributed by atoms with E-state index in [1.54, 1.807) is 21.5 Å². The molecule has 3 rings (SSSR count). The second-order valence-corrected chi connectivity index (χ2v) is 11.0. The number of benzene rings is 2. The van der Waals surface area contributed by atoms with Gasteiger partial charge < -0.3 is 0 Å². The van der Waals surface area contributed by atoms with Crippen LogP contribution in [-0.2, 0) is 0 Å². The molecule has 1 atom stereocenters. The van der Waals surface area contributed by atoms with Gasteiger partial charge in [0.15, 0.2) is 0 Å². The Labute approximate surface area is 154 Å². The van der Waals surface area contributed by atoms with E-state index in [0.717, 1.165) is 0 Å². The molecule has 0 saturated heterocycles. The molecule has 2 aromatic carbocycles. The van der Waals surface area contributed by atoms with Crippen LogP contribution < -0.4 is 10.4 Å². The Bertz CT molecular complexity index is 791. The van der Waals surface area contributed by atoms with E-state index >= 15 is 0 Å². The Balaban J connectivity index is 2.23. The first-order valence-corrected chi connectivity index (χ1v) is 11.1. The molecule has 0 saturated carbocycles. The van der Waals surface area contributed by atoms with Crippen LogP contribution >= 0.6 is 0 Å². The summed E-state index contributed by atoms with van der Waals surface area (Å²) in [4.78, 5) is 0. The van der Waals surface area contributed by atoms with Crippen molar-refractivity contribution in [2.75, 3.05) is 0 Å². The Morgan fingerprint density at radius 1 is 0.600 bits per heavy atom. The van der Waals surface area contributed by atoms with E-state index in [2.05, 4.69) is 90.9 Å². The monoisotopic (exact) mass is 346 g/mol. The summed E-state index contributed by atoms with van der Waals surface area (Å²) in [7, 11) is -1.40. The minimum atomic E-state index is -1.40. The predicted octanol–water partition coefficient (Wildman–Crippen LogP) is 4.93. The fourth-order valence-electron chi connectivity index (χ4n) is 4.60. The second kappa shape index (κ2) is 6.80. The average Bonchev–Trinajstić information content (AvgIpc) is 2.72. The van der Waals surface area contributed by atoms with Crippen molar-refractivity contribution in [1.82, 2.24) is 0 Å². The summed E-state index contributed by atoms with van der Waals surface area (Å²) in [6.45, 7) is 15.9. The summed E-state index contributed by atoms with van der Waals surface area (Å²) in [5, 5.41) is 3.16. The van der Waals surface area contributed by atoms with Gasteiger partial charge in [-0.15, -0.1) is 0 Å². The van der Waals surface area contributed by atoms with E-state index < -0.39 is 8.80 Å². The van der Waals surface area contributed by atoms with Gasteiger partial charge in [0, 0.05) is 5.54 Å². The molecule has 0 heterocycles. The molecule has 1 heteroatoms. The van der Waals surface area contributed by atoms with E-state index in [9.17, 15) is 0 Å². The van der Waals surface area contributed by atoms with Gasteiger partial charge in [0.1, 0.15) is 8.80 Å². The van der Waals surface area contributed by atoms with Crippen molar-refractivity contribution in [2.24, 2.45) is 0 Å². The molecule has 0 N–H and O–H groups in total. The summed E-state index contributed by atoms with van der Waals surface area (Å²) in [6, 6.07) is 14.3. The normalized spacial score (nSPS) is 17.4. The zero-order valence-electron chi connectivity index (χ0n) is 16.7. The molecule has 0 bridgehead atoms. The summed E-state index contributed by atoms with van der Waals surface area (Å²) in [5.74, 6) is 0. The van der Waals surface area contributed by atoms with E-state index in [1.807, 2.05) is 0 Å². The van der Waals surface area contributed by atoms with Gasteiger partial charge in [-0.1, -0.05) is 91.8 Å². The van der Waals surface area contributed by atoms with Gasteiger partial charge in [-0.05, 0) is 48.5 Å². The van der Waals surface area contributed by atoms with Gasteiger partial charge in [-0.3, -0.25) is 0 Å². The first-order chi connectivity index (χ1) is 11.8. The Kier molecular flexibility index (Phi) is 4.88. The van der Waals surface area contributed by atoms with Crippen molar-refractivity contribution in [2.45, 2.75) is 54.0 Å². The molecule has 0 radical (unpaired) electrons. The molecule has 0 amide bonds. The maximum absolute atomic E-state index is 2.44. The number of aryl methyl sites for hydroxylation is 4. The van der Waals surface area contributed by atoms with Crippen molar-refractivity contribution in [3.63, 3.8) is 0 Å². The topological polar surface area (TPSA) is 0 Å². The molecule has 0 nitrogen and oxygen atoms in total. The Morgan fingerprint density at radius 2 is 1.00 bits per heavy atom. The zero-order chi connectivity index (χ0) is 18.3. The van der Waals surface area contributed by atoms with Crippen LogP contribution in [0.1, 0.15) is 43.0 Å². The smallest absolute Gasteiger partial charge is 0.0682 e. The highest BCUT2D eigenvalue weighted by atomic mass is 28.3. The second-order valence-electron chi connectivity index (χ2n) is 8.05. The molecule has 0 fully saturated rings. The van der Waals surface area contributed by atoms with Crippen LogP contribution in [0.5, 0.6) is 0 Å². The molecule has 0 aliphatic heterocycles. The van der Waals surface area contributed by atoms with Gasteiger partial charge in [0.05, 0.1) is 0 Å². The average molecular weight is 347 g/mol. The van der Waals surface area contributed by atoms with Crippen LogP contribution in [0.3, 0.4) is 0 Å². The minimum Gasteiger partial charge on any atom is -0.0682 e. The summed E-state index contributed by atoms with van der Waals surface area (Å²) in [5.41, 5.74) is 10.7. The SMILES string of the molecule is CC1=CC(C)=C(C)C1[SiH](c1cc(C)cc(C)c1)c1cc(C)cc(C)c1. The molecule has 1 aliphatic carbocycles. The largest absolute Gasteiger partial charge is 0.114 e. The lowest BCUT2D eigenvalue weighted by molar-refractivity contribution is 1.11. The van der Waals surface area contributed by atoms with Crippen molar-refractivity contribution >= 4 is 19.2 Å². The van der Waals surface area contributed by atoms with Gasteiger partial charge in [-0.2, -0.15) is 0 Å². The van der Waals surface area contributed by atoms with Crippen LogP contribution in [0.15, 0.2) is 59.2 Å². The number of hydrogen-bond acceptors (Lipinski definition) is 0. The molecule has 2 aromatic rings. The maximum atomic E-state index is 2.44. The van der Waals surface area contributed by atoms with Crippen LogP contribution in [-0.4, -0.2) is 8.80 Å². The Morgan fingerprint density at radius 3 is 1.32 bits per heavy atom. The van der Waals surface area contributed by atoms with Crippen LogP contribution in [0, 0.1) is 27.7 Å². The Hall–Kier alpha value is -1.86. The van der Waals surface area contributed by atoms with Gasteiger partial charge in [-0.25, -0.2) is 0 Å². The van der Waals surface area contributed by atoms with Crippen molar-refractivity contribution in [3.05, 3.63) is 81.4 Å². The van der Waals surface area contributed by atoms with Gasteiger partial charge >= 0.3 is 0 Å².